The first-order valence-electron chi connectivity index (χ1n) is 9.27. The molecule has 3 aromatic rings. The van der Waals surface area contributed by atoms with Crippen molar-refractivity contribution in [3.63, 3.8) is 0 Å². The van der Waals surface area contributed by atoms with Crippen LogP contribution < -0.4 is 10.1 Å². The third-order valence-electron chi connectivity index (χ3n) is 4.44. The van der Waals surface area contributed by atoms with E-state index in [0.29, 0.717) is 21.8 Å². The Bertz CT molecular complexity index is 912. The first-order valence-corrected chi connectivity index (χ1v) is 10.0. The first kappa shape index (κ1) is 20.4. The summed E-state index contributed by atoms with van der Waals surface area (Å²) in [5, 5.41) is 4.74. The van der Waals surface area contributed by atoms with Crippen molar-refractivity contribution in [2.45, 2.75) is 33.2 Å². The highest BCUT2D eigenvalue weighted by atomic mass is 35.5. The summed E-state index contributed by atoms with van der Waals surface area (Å²) < 4.78 is 5.88. The van der Waals surface area contributed by atoms with Gasteiger partial charge in [-0.2, -0.15) is 0 Å². The largest absolute Gasteiger partial charge is 0.457 e. The molecule has 6 heteroatoms. The molecular weight excluding hydrogens is 393 g/mol. The fourth-order valence-corrected chi connectivity index (χ4v) is 3.33. The van der Waals surface area contributed by atoms with Gasteiger partial charge < -0.3 is 10.1 Å². The van der Waals surface area contributed by atoms with Crippen molar-refractivity contribution in [1.82, 2.24) is 9.97 Å². The standard InChI is InChI=1S/C22H23Cl2N3O/c1-4-19-20(24)22(26-13-25-19)27-21(14(2)3)15-5-9-17(10-6-15)28-18-11-7-16(23)8-12-18/h5-14,21H,4H2,1-3H3,(H,25,26,27). The second kappa shape index (κ2) is 9.26. The molecule has 3 rings (SSSR count). The first-order chi connectivity index (χ1) is 13.5. The van der Waals surface area contributed by atoms with E-state index in [-0.39, 0.29) is 6.04 Å². The van der Waals surface area contributed by atoms with E-state index in [0.717, 1.165) is 29.2 Å². The molecule has 0 aliphatic rings. The Kier molecular flexibility index (Phi) is 6.76. The number of anilines is 1. The molecule has 0 fully saturated rings. The number of nitrogens with zero attached hydrogens (tertiary/aromatic N) is 2. The molecule has 0 bridgehead atoms. The van der Waals surface area contributed by atoms with Crippen molar-refractivity contribution in [3.8, 4) is 11.5 Å². The molecule has 0 amide bonds. The van der Waals surface area contributed by atoms with E-state index < -0.39 is 0 Å². The van der Waals surface area contributed by atoms with Crippen LogP contribution in [0.3, 0.4) is 0 Å². The molecule has 1 N–H and O–H groups in total. The number of rotatable bonds is 7. The van der Waals surface area contributed by atoms with E-state index in [9.17, 15) is 0 Å². The summed E-state index contributed by atoms with van der Waals surface area (Å²) in [7, 11) is 0. The number of ether oxygens (including phenoxy) is 1. The predicted octanol–water partition coefficient (Wildman–Crippen LogP) is 6.95. The van der Waals surface area contributed by atoms with Gasteiger partial charge in [0.15, 0.2) is 0 Å². The molecule has 0 aliphatic heterocycles. The topological polar surface area (TPSA) is 47.0 Å². The molecule has 0 spiro atoms. The fourth-order valence-electron chi connectivity index (χ4n) is 2.92. The van der Waals surface area contributed by atoms with Gasteiger partial charge in [-0.1, -0.05) is 56.1 Å². The predicted molar refractivity (Wildman–Crippen MR) is 116 cm³/mol. The van der Waals surface area contributed by atoms with E-state index >= 15 is 0 Å². The Morgan fingerprint density at radius 3 is 2.11 bits per heavy atom. The van der Waals surface area contributed by atoms with E-state index in [1.807, 2.05) is 31.2 Å². The molecule has 0 saturated carbocycles. The third kappa shape index (κ3) is 4.94. The molecular formula is C22H23Cl2N3O. The van der Waals surface area contributed by atoms with Gasteiger partial charge >= 0.3 is 0 Å². The quantitative estimate of drug-likeness (QED) is 0.453. The van der Waals surface area contributed by atoms with Crippen molar-refractivity contribution in [2.24, 2.45) is 5.92 Å². The molecule has 4 nitrogen and oxygen atoms in total. The van der Waals surface area contributed by atoms with Crippen LogP contribution in [0.15, 0.2) is 54.9 Å². The maximum absolute atomic E-state index is 6.45. The van der Waals surface area contributed by atoms with Crippen molar-refractivity contribution >= 4 is 29.0 Å². The lowest BCUT2D eigenvalue weighted by Crippen LogP contribution is -2.18. The molecule has 28 heavy (non-hydrogen) atoms. The van der Waals surface area contributed by atoms with Crippen molar-refractivity contribution < 1.29 is 4.74 Å². The van der Waals surface area contributed by atoms with Crippen LogP contribution >= 0.6 is 23.2 Å². The zero-order valence-corrected chi connectivity index (χ0v) is 17.6. The summed E-state index contributed by atoms with van der Waals surface area (Å²) in [4.78, 5) is 8.56. The second-order valence-electron chi connectivity index (χ2n) is 6.83. The molecule has 0 radical (unpaired) electrons. The lowest BCUT2D eigenvalue weighted by atomic mass is 9.96. The van der Waals surface area contributed by atoms with Crippen LogP contribution in [-0.4, -0.2) is 9.97 Å². The third-order valence-corrected chi connectivity index (χ3v) is 5.09. The lowest BCUT2D eigenvalue weighted by Gasteiger charge is -2.24. The highest BCUT2D eigenvalue weighted by Crippen LogP contribution is 2.32. The Morgan fingerprint density at radius 2 is 1.54 bits per heavy atom. The molecule has 2 aromatic carbocycles. The maximum Gasteiger partial charge on any atom is 0.149 e. The lowest BCUT2D eigenvalue weighted by molar-refractivity contribution is 0.481. The van der Waals surface area contributed by atoms with E-state index in [2.05, 4.69) is 41.3 Å². The number of aryl methyl sites for hydroxylation is 1. The summed E-state index contributed by atoms with van der Waals surface area (Å²) in [6, 6.07) is 15.4. The number of aromatic nitrogens is 2. The van der Waals surface area contributed by atoms with Gasteiger partial charge in [0, 0.05) is 5.02 Å². The summed E-state index contributed by atoms with van der Waals surface area (Å²) in [6.45, 7) is 6.34. The molecule has 1 aromatic heterocycles. The van der Waals surface area contributed by atoms with Crippen LogP contribution in [0.4, 0.5) is 5.82 Å². The van der Waals surface area contributed by atoms with Gasteiger partial charge in [0.2, 0.25) is 0 Å². The highest BCUT2D eigenvalue weighted by Gasteiger charge is 2.19. The van der Waals surface area contributed by atoms with E-state index in [4.69, 9.17) is 27.9 Å². The Labute approximate surface area is 175 Å². The number of nitrogens with one attached hydrogen (secondary N) is 1. The van der Waals surface area contributed by atoms with Crippen molar-refractivity contribution in [1.29, 1.82) is 0 Å². The molecule has 0 aliphatic carbocycles. The van der Waals surface area contributed by atoms with Crippen molar-refractivity contribution in [2.75, 3.05) is 5.32 Å². The van der Waals surface area contributed by atoms with Gasteiger partial charge in [-0.3, -0.25) is 0 Å². The van der Waals surface area contributed by atoms with Gasteiger partial charge in [-0.25, -0.2) is 9.97 Å². The van der Waals surface area contributed by atoms with Gasteiger partial charge in [-0.15, -0.1) is 0 Å². The van der Waals surface area contributed by atoms with Crippen LogP contribution in [0.2, 0.25) is 10.0 Å². The summed E-state index contributed by atoms with van der Waals surface area (Å²) in [5.41, 5.74) is 1.97. The average molecular weight is 416 g/mol. The zero-order valence-electron chi connectivity index (χ0n) is 16.1. The molecule has 1 unspecified atom stereocenters. The SMILES string of the molecule is CCc1ncnc(NC(c2ccc(Oc3ccc(Cl)cc3)cc2)C(C)C)c1Cl. The smallest absolute Gasteiger partial charge is 0.149 e. The summed E-state index contributed by atoms with van der Waals surface area (Å²) in [6.07, 6.45) is 2.31. The minimum absolute atomic E-state index is 0.0571. The normalized spacial score (nSPS) is 12.1. The Hall–Kier alpha value is -2.30. The molecule has 146 valence electrons. The van der Waals surface area contributed by atoms with Crippen LogP contribution in [-0.2, 0) is 6.42 Å². The number of hydrogen-bond donors (Lipinski definition) is 1. The molecule has 0 saturated heterocycles. The number of halogens is 2. The van der Waals surface area contributed by atoms with Crippen LogP contribution in [0.25, 0.3) is 0 Å². The zero-order chi connectivity index (χ0) is 20.1. The summed E-state index contributed by atoms with van der Waals surface area (Å²) >= 11 is 12.4. The Balaban J connectivity index is 1.78. The van der Waals surface area contributed by atoms with E-state index in [1.54, 1.807) is 18.5 Å². The van der Waals surface area contributed by atoms with Gasteiger partial charge in [0.25, 0.3) is 0 Å². The summed E-state index contributed by atoms with van der Waals surface area (Å²) in [5.74, 6) is 2.50. The second-order valence-corrected chi connectivity index (χ2v) is 7.64. The molecule has 1 heterocycles. The average Bonchev–Trinajstić information content (AvgIpc) is 2.69. The van der Waals surface area contributed by atoms with E-state index in [1.165, 1.54) is 0 Å². The van der Waals surface area contributed by atoms with Crippen LogP contribution in [0.5, 0.6) is 11.5 Å². The minimum Gasteiger partial charge on any atom is -0.457 e. The van der Waals surface area contributed by atoms with Gasteiger partial charge in [-0.05, 0) is 54.3 Å². The number of hydrogen-bond acceptors (Lipinski definition) is 4. The maximum atomic E-state index is 6.45. The monoisotopic (exact) mass is 415 g/mol. The van der Waals surface area contributed by atoms with Crippen LogP contribution in [0, 0.1) is 5.92 Å². The Morgan fingerprint density at radius 1 is 0.929 bits per heavy atom. The fraction of sp³-hybridized carbons (Fsp3) is 0.273. The van der Waals surface area contributed by atoms with Gasteiger partial charge in [0.05, 0.1) is 11.7 Å². The van der Waals surface area contributed by atoms with Crippen molar-refractivity contribution in [3.05, 3.63) is 76.2 Å². The number of benzene rings is 2. The minimum atomic E-state index is 0.0571. The highest BCUT2D eigenvalue weighted by molar-refractivity contribution is 6.33. The van der Waals surface area contributed by atoms with Gasteiger partial charge in [0.1, 0.15) is 28.7 Å². The van der Waals surface area contributed by atoms with Crippen LogP contribution in [0.1, 0.15) is 38.1 Å². The molecule has 1 atom stereocenters.